The van der Waals surface area contributed by atoms with Crippen LogP contribution in [0.5, 0.6) is 0 Å². The van der Waals surface area contributed by atoms with Crippen molar-refractivity contribution in [2.24, 2.45) is 0 Å². The summed E-state index contributed by atoms with van der Waals surface area (Å²) < 4.78 is 66.5. The number of benzene rings is 1. The summed E-state index contributed by atoms with van der Waals surface area (Å²) in [5, 5.41) is 5.67. The van der Waals surface area contributed by atoms with Crippen molar-refractivity contribution < 1.29 is 26.4 Å². The molecule has 8 nitrogen and oxygen atoms in total. The van der Waals surface area contributed by atoms with Crippen molar-refractivity contribution >= 4 is 50.3 Å². The lowest BCUT2D eigenvalue weighted by Gasteiger charge is -2.14. The minimum Gasteiger partial charge on any atom is -0.350 e. The lowest BCUT2D eigenvalue weighted by atomic mass is 10.1. The minimum atomic E-state index is -4.81. The highest BCUT2D eigenvalue weighted by Gasteiger charge is 2.38. The first kappa shape index (κ1) is 24.0. The summed E-state index contributed by atoms with van der Waals surface area (Å²) in [6, 6.07) is 4.65. The van der Waals surface area contributed by atoms with Crippen LogP contribution in [0.1, 0.15) is 26.4 Å². The average molecular weight is 544 g/mol. The van der Waals surface area contributed by atoms with Gasteiger partial charge in [-0.05, 0) is 36.4 Å². The summed E-state index contributed by atoms with van der Waals surface area (Å²) in [5.74, 6) is -1.17. The van der Waals surface area contributed by atoms with Gasteiger partial charge >= 0.3 is 6.18 Å². The highest BCUT2D eigenvalue weighted by atomic mass is 35.5. The number of rotatable bonds is 3. The molecule has 1 aromatic carbocycles. The fraction of sp³-hybridized carbons (Fsp3) is 0.286. The van der Waals surface area contributed by atoms with E-state index < -0.39 is 33.2 Å². The van der Waals surface area contributed by atoms with E-state index in [4.69, 9.17) is 11.6 Å². The fourth-order valence-corrected chi connectivity index (χ4v) is 7.06. The molecule has 4 heterocycles. The van der Waals surface area contributed by atoms with Gasteiger partial charge in [0.05, 0.1) is 31.9 Å². The van der Waals surface area contributed by atoms with Crippen LogP contribution in [0.25, 0.3) is 10.6 Å². The van der Waals surface area contributed by atoms with Crippen LogP contribution in [0.2, 0.25) is 5.02 Å². The molecule has 184 valence electrons. The van der Waals surface area contributed by atoms with E-state index in [0.29, 0.717) is 34.8 Å². The fourth-order valence-electron chi connectivity index (χ4n) is 4.01. The number of aromatic nitrogens is 2. The Balaban J connectivity index is 1.60. The molecule has 0 fully saturated rings. The van der Waals surface area contributed by atoms with Crippen LogP contribution >= 0.6 is 22.9 Å². The van der Waals surface area contributed by atoms with Gasteiger partial charge in [0.25, 0.3) is 5.91 Å². The maximum absolute atomic E-state index is 13.8. The van der Waals surface area contributed by atoms with Crippen molar-refractivity contribution in [1.29, 1.82) is 0 Å². The molecule has 5 rings (SSSR count). The first-order valence-corrected chi connectivity index (χ1v) is 13.1. The zero-order chi connectivity index (χ0) is 25.1. The molecule has 0 bridgehead atoms. The molecule has 0 saturated heterocycles. The molecule has 0 unspecified atom stereocenters. The summed E-state index contributed by atoms with van der Waals surface area (Å²) in [4.78, 5) is 21.7. The largest absolute Gasteiger partial charge is 0.420 e. The molecule has 2 aromatic heterocycles. The average Bonchev–Trinajstić information content (AvgIpc) is 3.34. The monoisotopic (exact) mass is 543 g/mol. The van der Waals surface area contributed by atoms with E-state index in [-0.39, 0.29) is 32.9 Å². The van der Waals surface area contributed by atoms with Gasteiger partial charge in [0.1, 0.15) is 10.4 Å². The van der Waals surface area contributed by atoms with E-state index in [1.165, 1.54) is 0 Å². The van der Waals surface area contributed by atoms with Gasteiger partial charge in [-0.15, -0.1) is 11.3 Å². The third-order valence-electron chi connectivity index (χ3n) is 5.64. The standard InChI is InChI=1S/C21H17ClF3N5O3S2/c1-30-8-10-4-13(22)14(5-11(10)9-30)28-20-27-7-12(21(23,24)25)17(29-20)15-6-16-18(34-15)19(31)26-2-3-35(16,32)33/h4-7H,2-3,8-9H2,1H3,(H,26,31)(H,27,28,29). The maximum atomic E-state index is 13.8. The number of amides is 1. The molecule has 0 saturated carbocycles. The van der Waals surface area contributed by atoms with E-state index in [9.17, 15) is 26.4 Å². The molecule has 14 heteroatoms. The van der Waals surface area contributed by atoms with Gasteiger partial charge < -0.3 is 10.6 Å². The van der Waals surface area contributed by atoms with Crippen LogP contribution in [-0.4, -0.2) is 48.5 Å². The second kappa shape index (κ2) is 8.43. The van der Waals surface area contributed by atoms with Crippen molar-refractivity contribution in [1.82, 2.24) is 20.2 Å². The third kappa shape index (κ3) is 4.48. The van der Waals surface area contributed by atoms with Crippen molar-refractivity contribution in [3.63, 3.8) is 0 Å². The number of hydrogen-bond acceptors (Lipinski definition) is 8. The Bertz CT molecular complexity index is 1470. The summed E-state index contributed by atoms with van der Waals surface area (Å²) in [6.07, 6.45) is -4.19. The number of carbonyl (C=O) groups is 1. The Labute approximate surface area is 207 Å². The molecule has 0 spiro atoms. The van der Waals surface area contributed by atoms with Crippen molar-refractivity contribution in [3.8, 4) is 10.6 Å². The Morgan fingerprint density at radius 1 is 1.20 bits per heavy atom. The number of alkyl halides is 3. The van der Waals surface area contributed by atoms with E-state index in [0.717, 1.165) is 23.7 Å². The minimum absolute atomic E-state index is 0.0788. The van der Waals surface area contributed by atoms with Gasteiger partial charge in [-0.1, -0.05) is 11.6 Å². The van der Waals surface area contributed by atoms with E-state index in [1.54, 1.807) is 12.1 Å². The van der Waals surface area contributed by atoms with Crippen LogP contribution in [0.3, 0.4) is 0 Å². The van der Waals surface area contributed by atoms with Crippen molar-refractivity contribution in [2.75, 3.05) is 24.7 Å². The molecular weight excluding hydrogens is 527 g/mol. The molecule has 2 aliphatic rings. The summed E-state index contributed by atoms with van der Waals surface area (Å²) >= 11 is 7.01. The van der Waals surface area contributed by atoms with Crippen LogP contribution in [0.15, 0.2) is 29.3 Å². The van der Waals surface area contributed by atoms with Gasteiger partial charge in [0, 0.05) is 25.8 Å². The second-order valence-electron chi connectivity index (χ2n) is 8.23. The number of nitrogens with zero attached hydrogens (tertiary/aromatic N) is 3. The molecule has 2 N–H and O–H groups in total. The molecule has 1 amide bonds. The van der Waals surface area contributed by atoms with Gasteiger partial charge in [0.2, 0.25) is 5.95 Å². The molecule has 2 aliphatic heterocycles. The van der Waals surface area contributed by atoms with Crippen molar-refractivity contribution in [3.05, 3.63) is 51.0 Å². The summed E-state index contributed by atoms with van der Waals surface area (Å²) in [6.45, 7) is 1.35. The molecular formula is C21H17ClF3N5O3S2. The first-order chi connectivity index (χ1) is 16.4. The Hall–Kier alpha value is -2.74. The lowest BCUT2D eigenvalue weighted by Crippen LogP contribution is -2.24. The molecule has 0 aliphatic carbocycles. The highest BCUT2D eigenvalue weighted by Crippen LogP contribution is 2.42. The smallest absolute Gasteiger partial charge is 0.350 e. The van der Waals surface area contributed by atoms with Gasteiger partial charge in [-0.2, -0.15) is 13.2 Å². The summed E-state index contributed by atoms with van der Waals surface area (Å²) in [7, 11) is -1.90. The van der Waals surface area contributed by atoms with E-state index in [2.05, 4.69) is 25.5 Å². The predicted octanol–water partition coefficient (Wildman–Crippen LogP) is 4.08. The number of nitrogens with one attached hydrogen (secondary N) is 2. The number of fused-ring (bicyclic) bond motifs is 2. The Morgan fingerprint density at radius 2 is 1.91 bits per heavy atom. The number of hydrogen-bond donors (Lipinski definition) is 2. The summed E-state index contributed by atoms with van der Waals surface area (Å²) in [5.41, 5.74) is 0.809. The van der Waals surface area contributed by atoms with Crippen molar-refractivity contribution in [2.45, 2.75) is 24.2 Å². The zero-order valence-electron chi connectivity index (χ0n) is 18.0. The number of thiophene rings is 1. The van der Waals surface area contributed by atoms with Crippen LogP contribution in [-0.2, 0) is 29.1 Å². The number of halogens is 4. The number of sulfone groups is 1. The second-order valence-corrected chi connectivity index (χ2v) is 11.8. The molecule has 0 atom stereocenters. The van der Waals surface area contributed by atoms with Crippen LogP contribution in [0.4, 0.5) is 24.8 Å². The van der Waals surface area contributed by atoms with E-state index >= 15 is 0 Å². The first-order valence-electron chi connectivity index (χ1n) is 10.3. The topological polar surface area (TPSA) is 104 Å². The van der Waals surface area contributed by atoms with Crippen LogP contribution < -0.4 is 10.6 Å². The Morgan fingerprint density at radius 3 is 2.63 bits per heavy atom. The van der Waals surface area contributed by atoms with Crippen LogP contribution in [0, 0.1) is 0 Å². The van der Waals surface area contributed by atoms with Gasteiger partial charge in [0.15, 0.2) is 9.84 Å². The number of carbonyl (C=O) groups excluding carboxylic acids is 1. The molecule has 0 radical (unpaired) electrons. The SMILES string of the molecule is CN1Cc2cc(Cl)c(Nc3ncc(C(F)(F)F)c(-c4cc5c(s4)C(=O)NCCS5(=O)=O)n3)cc2C1. The van der Waals surface area contributed by atoms with E-state index in [1.807, 2.05) is 7.05 Å². The predicted molar refractivity (Wildman–Crippen MR) is 125 cm³/mol. The lowest BCUT2D eigenvalue weighted by molar-refractivity contribution is -0.137. The zero-order valence-corrected chi connectivity index (χ0v) is 20.4. The van der Waals surface area contributed by atoms with Gasteiger partial charge in [-0.3, -0.25) is 9.69 Å². The highest BCUT2D eigenvalue weighted by molar-refractivity contribution is 7.91. The molecule has 3 aromatic rings. The normalized spacial score (nSPS) is 17.5. The molecule has 35 heavy (non-hydrogen) atoms. The number of anilines is 2. The van der Waals surface area contributed by atoms with Gasteiger partial charge in [-0.25, -0.2) is 18.4 Å². The maximum Gasteiger partial charge on any atom is 0.420 e. The Kier molecular flexibility index (Phi) is 5.78. The quantitative estimate of drug-likeness (QED) is 0.513. The third-order valence-corrected chi connectivity index (χ3v) is 8.96.